The number of benzene rings is 3. The van der Waals surface area contributed by atoms with Gasteiger partial charge in [-0.1, -0.05) is 36.4 Å². The molecule has 0 saturated carbocycles. The summed E-state index contributed by atoms with van der Waals surface area (Å²) in [6.07, 6.45) is 2.25. The van der Waals surface area contributed by atoms with Crippen LogP contribution in [0.1, 0.15) is 34.8 Å². The second kappa shape index (κ2) is 8.08. The SMILES string of the molecule is C[C@H](OC(=O)Cn1c2ccccc2c(=O)c2ccccc21)C(=O)c1ccc2c(c1)CCC2. The van der Waals surface area contributed by atoms with E-state index in [-0.39, 0.29) is 17.8 Å². The molecule has 0 saturated heterocycles. The van der Waals surface area contributed by atoms with E-state index in [1.54, 1.807) is 35.8 Å². The maximum atomic E-state index is 12.9. The maximum absolute atomic E-state index is 12.9. The topological polar surface area (TPSA) is 65.4 Å². The molecule has 0 unspecified atom stereocenters. The van der Waals surface area contributed by atoms with Crippen molar-refractivity contribution >= 4 is 33.6 Å². The Morgan fingerprint density at radius 1 is 0.906 bits per heavy atom. The lowest BCUT2D eigenvalue weighted by atomic mass is 10.0. The summed E-state index contributed by atoms with van der Waals surface area (Å²) >= 11 is 0. The molecule has 0 bridgehead atoms. The van der Waals surface area contributed by atoms with Crippen molar-refractivity contribution in [1.82, 2.24) is 4.57 Å². The number of hydrogen-bond acceptors (Lipinski definition) is 4. The Balaban J connectivity index is 1.42. The minimum Gasteiger partial charge on any atom is -0.453 e. The number of aromatic nitrogens is 1. The summed E-state index contributed by atoms with van der Waals surface area (Å²) in [6, 6.07) is 20.2. The van der Waals surface area contributed by atoms with E-state index in [1.807, 2.05) is 42.5 Å². The largest absolute Gasteiger partial charge is 0.453 e. The van der Waals surface area contributed by atoms with Gasteiger partial charge in [-0.25, -0.2) is 0 Å². The van der Waals surface area contributed by atoms with E-state index in [2.05, 4.69) is 0 Å². The molecule has 160 valence electrons. The predicted molar refractivity (Wildman–Crippen MR) is 124 cm³/mol. The molecular weight excluding hydrogens is 402 g/mol. The first kappa shape index (κ1) is 20.2. The van der Waals surface area contributed by atoms with Crippen LogP contribution in [0.15, 0.2) is 71.5 Å². The van der Waals surface area contributed by atoms with Crippen molar-refractivity contribution in [2.24, 2.45) is 0 Å². The summed E-state index contributed by atoms with van der Waals surface area (Å²) < 4.78 is 7.31. The lowest BCUT2D eigenvalue weighted by Crippen LogP contribution is -2.27. The summed E-state index contributed by atoms with van der Waals surface area (Å²) in [5.74, 6) is -0.728. The zero-order valence-electron chi connectivity index (χ0n) is 17.8. The fourth-order valence-corrected chi connectivity index (χ4v) is 4.62. The van der Waals surface area contributed by atoms with Crippen LogP contribution in [0.5, 0.6) is 0 Å². The molecule has 1 aliphatic carbocycles. The molecule has 1 heterocycles. The molecule has 0 amide bonds. The van der Waals surface area contributed by atoms with Gasteiger partial charge in [0.1, 0.15) is 6.54 Å². The highest BCUT2D eigenvalue weighted by Crippen LogP contribution is 2.24. The summed E-state index contributed by atoms with van der Waals surface area (Å²) in [5, 5.41) is 1.09. The zero-order valence-corrected chi connectivity index (χ0v) is 17.8. The van der Waals surface area contributed by atoms with Gasteiger partial charge in [-0.3, -0.25) is 14.4 Å². The molecule has 32 heavy (non-hydrogen) atoms. The maximum Gasteiger partial charge on any atom is 0.326 e. The van der Waals surface area contributed by atoms with Crippen LogP contribution in [0.4, 0.5) is 0 Å². The molecule has 1 atom stereocenters. The summed E-state index contributed by atoms with van der Waals surface area (Å²) in [5.41, 5.74) is 4.33. The van der Waals surface area contributed by atoms with Crippen molar-refractivity contribution in [2.75, 3.05) is 0 Å². The van der Waals surface area contributed by atoms with Crippen LogP contribution >= 0.6 is 0 Å². The van der Waals surface area contributed by atoms with Gasteiger partial charge in [-0.15, -0.1) is 0 Å². The van der Waals surface area contributed by atoms with E-state index < -0.39 is 12.1 Å². The van der Waals surface area contributed by atoms with Gasteiger partial charge in [0.25, 0.3) is 0 Å². The Morgan fingerprint density at radius 3 is 2.22 bits per heavy atom. The molecule has 4 aromatic rings. The number of aryl methyl sites for hydroxylation is 2. The van der Waals surface area contributed by atoms with Crippen molar-refractivity contribution in [2.45, 2.75) is 38.8 Å². The summed E-state index contributed by atoms with van der Waals surface area (Å²) in [7, 11) is 0. The fraction of sp³-hybridized carbons (Fsp3) is 0.222. The number of fused-ring (bicyclic) bond motifs is 3. The first-order valence-corrected chi connectivity index (χ1v) is 10.9. The number of ketones is 1. The molecule has 0 spiro atoms. The first-order chi connectivity index (χ1) is 15.5. The number of hydrogen-bond donors (Lipinski definition) is 0. The zero-order chi connectivity index (χ0) is 22.2. The minimum atomic E-state index is -0.890. The van der Waals surface area contributed by atoms with Crippen molar-refractivity contribution < 1.29 is 14.3 Å². The Labute approximate surface area is 185 Å². The molecule has 0 aliphatic heterocycles. The van der Waals surface area contributed by atoms with E-state index in [1.165, 1.54) is 11.1 Å². The number of carbonyl (C=O) groups is 2. The van der Waals surface area contributed by atoms with E-state index in [0.29, 0.717) is 27.4 Å². The number of rotatable bonds is 5. The van der Waals surface area contributed by atoms with Gasteiger partial charge in [-0.2, -0.15) is 0 Å². The van der Waals surface area contributed by atoms with Crippen LogP contribution in [-0.2, 0) is 28.9 Å². The monoisotopic (exact) mass is 425 g/mol. The van der Waals surface area contributed by atoms with Gasteiger partial charge in [0.2, 0.25) is 5.78 Å². The number of esters is 1. The second-order valence-electron chi connectivity index (χ2n) is 8.28. The molecule has 0 fully saturated rings. The number of nitrogens with zero attached hydrogens (tertiary/aromatic N) is 1. The van der Waals surface area contributed by atoms with Gasteiger partial charge in [-0.05, 0) is 67.6 Å². The van der Waals surface area contributed by atoms with Crippen LogP contribution in [0.25, 0.3) is 21.8 Å². The molecule has 5 rings (SSSR count). The number of para-hydroxylation sites is 2. The minimum absolute atomic E-state index is 0.0685. The first-order valence-electron chi connectivity index (χ1n) is 10.9. The molecule has 0 radical (unpaired) electrons. The molecule has 3 aromatic carbocycles. The highest BCUT2D eigenvalue weighted by Gasteiger charge is 2.22. The Kier molecular flexibility index (Phi) is 5.10. The fourth-order valence-electron chi connectivity index (χ4n) is 4.62. The average Bonchev–Trinajstić information content (AvgIpc) is 3.29. The standard InChI is InChI=1S/C27H23NO4/c1-17(26(30)20-14-13-18-7-6-8-19(18)15-20)32-25(29)16-28-23-11-4-2-9-21(23)27(31)22-10-3-5-12-24(22)28/h2-5,9-15,17H,6-8,16H2,1H3/t17-/m0/s1. The lowest BCUT2D eigenvalue weighted by Gasteiger charge is -2.17. The number of ether oxygens (including phenoxy) is 1. The molecular formula is C27H23NO4. The smallest absolute Gasteiger partial charge is 0.326 e. The number of pyridine rings is 1. The van der Waals surface area contributed by atoms with Gasteiger partial charge in [0.15, 0.2) is 11.5 Å². The summed E-state index contributed by atoms with van der Waals surface area (Å²) in [4.78, 5) is 38.6. The van der Waals surface area contributed by atoms with E-state index >= 15 is 0 Å². The second-order valence-corrected chi connectivity index (χ2v) is 8.28. The quantitative estimate of drug-likeness (QED) is 0.269. The van der Waals surface area contributed by atoms with Crippen molar-refractivity contribution in [3.05, 3.63) is 93.6 Å². The Morgan fingerprint density at radius 2 is 1.53 bits per heavy atom. The molecule has 5 nitrogen and oxygen atoms in total. The summed E-state index contributed by atoms with van der Waals surface area (Å²) in [6.45, 7) is 1.51. The van der Waals surface area contributed by atoms with Gasteiger partial charge in [0, 0.05) is 16.3 Å². The predicted octanol–water partition coefficient (Wildman–Crippen LogP) is 4.46. The Bertz CT molecular complexity index is 1370. The number of carbonyl (C=O) groups excluding carboxylic acids is 2. The van der Waals surface area contributed by atoms with Gasteiger partial charge < -0.3 is 9.30 Å². The van der Waals surface area contributed by atoms with E-state index in [0.717, 1.165) is 19.3 Å². The van der Waals surface area contributed by atoms with E-state index in [4.69, 9.17) is 4.74 Å². The lowest BCUT2D eigenvalue weighted by molar-refractivity contribution is -0.146. The third-order valence-electron chi connectivity index (χ3n) is 6.23. The van der Waals surface area contributed by atoms with Crippen molar-refractivity contribution in [1.29, 1.82) is 0 Å². The van der Waals surface area contributed by atoms with Crippen LogP contribution in [0.2, 0.25) is 0 Å². The van der Waals surface area contributed by atoms with Crippen molar-refractivity contribution in [3.63, 3.8) is 0 Å². The van der Waals surface area contributed by atoms with Crippen molar-refractivity contribution in [3.8, 4) is 0 Å². The highest BCUT2D eigenvalue weighted by molar-refractivity contribution is 6.00. The normalized spacial score (nSPS) is 13.8. The third-order valence-corrected chi connectivity index (χ3v) is 6.23. The van der Waals surface area contributed by atoms with Crippen LogP contribution in [-0.4, -0.2) is 22.4 Å². The number of Topliss-reactive ketones (excluding diaryl/α,β-unsaturated/α-hetero) is 1. The third kappa shape index (κ3) is 3.50. The molecule has 0 N–H and O–H groups in total. The van der Waals surface area contributed by atoms with Crippen LogP contribution in [0.3, 0.4) is 0 Å². The van der Waals surface area contributed by atoms with Gasteiger partial charge >= 0.3 is 5.97 Å². The van der Waals surface area contributed by atoms with Gasteiger partial charge in [0.05, 0.1) is 11.0 Å². The average molecular weight is 425 g/mol. The highest BCUT2D eigenvalue weighted by atomic mass is 16.5. The molecule has 5 heteroatoms. The van der Waals surface area contributed by atoms with Crippen LogP contribution < -0.4 is 5.43 Å². The molecule has 1 aliphatic rings. The van der Waals surface area contributed by atoms with Crippen LogP contribution in [0, 0.1) is 0 Å². The Hall–Kier alpha value is -3.73. The molecule has 1 aromatic heterocycles. The van der Waals surface area contributed by atoms with E-state index in [9.17, 15) is 14.4 Å².